The first kappa shape index (κ1) is 17.4. The average Bonchev–Trinajstić information content (AvgIpc) is 3.10. The number of hydrogen-bond donors (Lipinski definition) is 3. The van der Waals surface area contributed by atoms with E-state index in [0.717, 1.165) is 10.0 Å². The molecule has 2 heterocycles. The first-order valence-corrected chi connectivity index (χ1v) is 9.03. The summed E-state index contributed by atoms with van der Waals surface area (Å²) in [4.78, 5) is 24.9. The Labute approximate surface area is 163 Å². The van der Waals surface area contributed by atoms with Crippen LogP contribution in [-0.4, -0.2) is 18.7 Å². The first-order chi connectivity index (χ1) is 13.0. The minimum Gasteiger partial charge on any atom is -0.454 e. The van der Waals surface area contributed by atoms with Gasteiger partial charge < -0.3 is 25.4 Å². The van der Waals surface area contributed by atoms with Gasteiger partial charge >= 0.3 is 6.03 Å². The Morgan fingerprint density at radius 3 is 2.67 bits per heavy atom. The summed E-state index contributed by atoms with van der Waals surface area (Å²) in [6, 6.07) is 11.6. The van der Waals surface area contributed by atoms with E-state index in [0.29, 0.717) is 22.9 Å². The minimum absolute atomic E-state index is 0.150. The van der Waals surface area contributed by atoms with Crippen LogP contribution in [0.5, 0.6) is 11.5 Å². The maximum atomic E-state index is 13.0. The molecule has 0 radical (unpaired) electrons. The topological polar surface area (TPSA) is 88.7 Å². The monoisotopic (exact) mass is 429 g/mol. The lowest BCUT2D eigenvalue weighted by molar-refractivity contribution is -0.119. The SMILES string of the molecule is C=C1NC(=O)N[C@@H](c2ccc3c(c2)OCO3)[C@@H]1C(=O)Nc1ccc(Br)cc1. The number of halogens is 1. The van der Waals surface area contributed by atoms with Gasteiger partial charge in [0, 0.05) is 15.9 Å². The number of fused-ring (bicyclic) bond motifs is 1. The van der Waals surface area contributed by atoms with Crippen LogP contribution in [0.2, 0.25) is 0 Å². The van der Waals surface area contributed by atoms with Crippen molar-refractivity contribution in [1.29, 1.82) is 0 Å². The highest BCUT2D eigenvalue weighted by molar-refractivity contribution is 9.10. The third-order valence-electron chi connectivity index (χ3n) is 4.42. The second kappa shape index (κ2) is 6.96. The summed E-state index contributed by atoms with van der Waals surface area (Å²) < 4.78 is 11.6. The number of amides is 3. The lowest BCUT2D eigenvalue weighted by Crippen LogP contribution is -2.51. The van der Waals surface area contributed by atoms with Crippen LogP contribution in [0.25, 0.3) is 0 Å². The summed E-state index contributed by atoms with van der Waals surface area (Å²) in [5.41, 5.74) is 1.71. The maximum Gasteiger partial charge on any atom is 0.319 e. The molecule has 0 aromatic heterocycles. The van der Waals surface area contributed by atoms with Crippen molar-refractivity contribution < 1.29 is 19.1 Å². The summed E-state index contributed by atoms with van der Waals surface area (Å²) in [6.45, 7) is 4.03. The van der Waals surface area contributed by atoms with Crippen LogP contribution in [0.15, 0.2) is 59.2 Å². The largest absolute Gasteiger partial charge is 0.454 e. The van der Waals surface area contributed by atoms with Crippen molar-refractivity contribution in [1.82, 2.24) is 10.6 Å². The van der Waals surface area contributed by atoms with Gasteiger partial charge in [-0.1, -0.05) is 28.6 Å². The Morgan fingerprint density at radius 1 is 1.15 bits per heavy atom. The van der Waals surface area contributed by atoms with Crippen molar-refractivity contribution in [2.24, 2.45) is 5.92 Å². The maximum absolute atomic E-state index is 13.0. The number of nitrogens with one attached hydrogen (secondary N) is 3. The minimum atomic E-state index is -0.702. The molecular weight excluding hydrogens is 414 g/mol. The standard InChI is InChI=1S/C19H16BrN3O4/c1-10-16(18(24)22-13-5-3-12(20)4-6-13)17(23-19(25)21-10)11-2-7-14-15(8-11)27-9-26-14/h2-8,16-17H,1,9H2,(H,22,24)(H2,21,23,25)/t16-,17+/m1/s1. The van der Waals surface area contributed by atoms with E-state index >= 15 is 0 Å². The molecule has 8 heteroatoms. The summed E-state index contributed by atoms with van der Waals surface area (Å²) in [7, 11) is 0. The Balaban J connectivity index is 1.63. The molecule has 2 atom stereocenters. The second-order valence-corrected chi connectivity index (χ2v) is 7.10. The van der Waals surface area contributed by atoms with Crippen LogP contribution in [0.4, 0.5) is 10.5 Å². The van der Waals surface area contributed by atoms with Crippen LogP contribution in [0, 0.1) is 5.92 Å². The van der Waals surface area contributed by atoms with E-state index in [1.165, 1.54) is 0 Å². The molecular formula is C19H16BrN3O4. The number of rotatable bonds is 3. The van der Waals surface area contributed by atoms with Crippen molar-refractivity contribution in [3.05, 3.63) is 64.8 Å². The van der Waals surface area contributed by atoms with E-state index in [-0.39, 0.29) is 12.7 Å². The smallest absolute Gasteiger partial charge is 0.319 e. The molecule has 0 spiro atoms. The van der Waals surface area contributed by atoms with Gasteiger partial charge in [-0.05, 0) is 42.0 Å². The first-order valence-electron chi connectivity index (χ1n) is 8.23. The molecule has 4 rings (SSSR count). The summed E-state index contributed by atoms with van der Waals surface area (Å²) in [6.07, 6.45) is 0. The third-order valence-corrected chi connectivity index (χ3v) is 4.95. The molecule has 138 valence electrons. The van der Waals surface area contributed by atoms with Crippen molar-refractivity contribution in [3.8, 4) is 11.5 Å². The van der Waals surface area contributed by atoms with Gasteiger partial charge in [-0.25, -0.2) is 4.79 Å². The molecule has 2 aromatic carbocycles. The Kier molecular flexibility index (Phi) is 4.49. The highest BCUT2D eigenvalue weighted by atomic mass is 79.9. The Morgan fingerprint density at radius 2 is 1.89 bits per heavy atom. The van der Waals surface area contributed by atoms with Crippen molar-refractivity contribution in [3.63, 3.8) is 0 Å². The molecule has 1 saturated heterocycles. The van der Waals surface area contributed by atoms with Gasteiger partial charge in [-0.15, -0.1) is 0 Å². The molecule has 2 aliphatic heterocycles. The second-order valence-electron chi connectivity index (χ2n) is 6.19. The van der Waals surface area contributed by atoms with Crippen molar-refractivity contribution >= 4 is 33.6 Å². The van der Waals surface area contributed by atoms with E-state index < -0.39 is 18.0 Å². The van der Waals surface area contributed by atoms with E-state index in [2.05, 4.69) is 38.5 Å². The van der Waals surface area contributed by atoms with Gasteiger partial charge in [0.15, 0.2) is 11.5 Å². The Hall–Kier alpha value is -3.00. The van der Waals surface area contributed by atoms with E-state index in [4.69, 9.17) is 9.47 Å². The average molecular weight is 430 g/mol. The van der Waals surface area contributed by atoms with Crippen LogP contribution < -0.4 is 25.4 Å². The fraction of sp³-hybridized carbons (Fsp3) is 0.158. The molecule has 0 saturated carbocycles. The van der Waals surface area contributed by atoms with E-state index in [1.54, 1.807) is 30.3 Å². The van der Waals surface area contributed by atoms with Crippen LogP contribution in [0.3, 0.4) is 0 Å². The van der Waals surface area contributed by atoms with Crippen molar-refractivity contribution in [2.45, 2.75) is 6.04 Å². The molecule has 0 aliphatic carbocycles. The van der Waals surface area contributed by atoms with Crippen LogP contribution >= 0.6 is 15.9 Å². The molecule has 1 fully saturated rings. The van der Waals surface area contributed by atoms with E-state index in [1.807, 2.05) is 12.1 Å². The number of anilines is 1. The number of ether oxygens (including phenoxy) is 2. The zero-order valence-corrected chi connectivity index (χ0v) is 15.7. The normalized spacial score (nSPS) is 20.6. The highest BCUT2D eigenvalue weighted by Crippen LogP contribution is 2.38. The third kappa shape index (κ3) is 3.48. The molecule has 3 N–H and O–H groups in total. The number of carbonyl (C=O) groups is 2. The lowest BCUT2D eigenvalue weighted by atomic mass is 9.88. The Bertz CT molecular complexity index is 929. The fourth-order valence-corrected chi connectivity index (χ4v) is 3.39. The van der Waals surface area contributed by atoms with Crippen LogP contribution in [-0.2, 0) is 4.79 Å². The molecule has 0 bridgehead atoms. The fourth-order valence-electron chi connectivity index (χ4n) is 3.13. The summed E-state index contributed by atoms with van der Waals surface area (Å²) >= 11 is 3.36. The molecule has 2 aliphatic rings. The zero-order valence-electron chi connectivity index (χ0n) is 14.1. The molecule has 27 heavy (non-hydrogen) atoms. The number of urea groups is 1. The van der Waals surface area contributed by atoms with Gasteiger partial charge in [0.1, 0.15) is 5.92 Å². The van der Waals surface area contributed by atoms with Gasteiger partial charge in [-0.3, -0.25) is 4.79 Å². The number of carbonyl (C=O) groups excluding carboxylic acids is 2. The molecule has 2 aromatic rings. The van der Waals surface area contributed by atoms with Gasteiger partial charge in [-0.2, -0.15) is 0 Å². The predicted molar refractivity (Wildman–Crippen MR) is 102 cm³/mol. The summed E-state index contributed by atoms with van der Waals surface area (Å²) in [5, 5.41) is 8.26. The lowest BCUT2D eigenvalue weighted by Gasteiger charge is -2.34. The molecule has 0 unspecified atom stereocenters. The number of benzene rings is 2. The quantitative estimate of drug-likeness (QED) is 0.698. The predicted octanol–water partition coefficient (Wildman–Crippen LogP) is 3.30. The molecule has 3 amide bonds. The highest BCUT2D eigenvalue weighted by Gasteiger charge is 2.38. The van der Waals surface area contributed by atoms with Gasteiger partial charge in [0.25, 0.3) is 0 Å². The van der Waals surface area contributed by atoms with E-state index in [9.17, 15) is 9.59 Å². The number of hydrogen-bond acceptors (Lipinski definition) is 4. The molecule has 7 nitrogen and oxygen atoms in total. The van der Waals surface area contributed by atoms with Gasteiger partial charge in [0.2, 0.25) is 12.7 Å². The van der Waals surface area contributed by atoms with Crippen LogP contribution in [0.1, 0.15) is 11.6 Å². The van der Waals surface area contributed by atoms with Gasteiger partial charge in [0.05, 0.1) is 6.04 Å². The van der Waals surface area contributed by atoms with Crippen molar-refractivity contribution in [2.75, 3.05) is 12.1 Å². The summed E-state index contributed by atoms with van der Waals surface area (Å²) in [5.74, 6) is 0.232. The zero-order chi connectivity index (χ0) is 19.0.